The number of para-hydroxylation sites is 1. The number of aromatic nitrogens is 2. The summed E-state index contributed by atoms with van der Waals surface area (Å²) in [4.78, 5) is 23.7. The summed E-state index contributed by atoms with van der Waals surface area (Å²) in [6.45, 7) is 3.38. The summed E-state index contributed by atoms with van der Waals surface area (Å²) >= 11 is 0. The topological polar surface area (TPSA) is 87.6 Å². The minimum absolute atomic E-state index is 0.0574. The number of likely N-dealkylation sites (tertiary alicyclic amines) is 1. The van der Waals surface area contributed by atoms with Crippen LogP contribution in [0.4, 0.5) is 5.82 Å². The maximum atomic E-state index is 12.8. The maximum absolute atomic E-state index is 12.8. The molecule has 1 aromatic heterocycles. The second-order valence-corrected chi connectivity index (χ2v) is 8.10. The molecule has 2 heterocycles. The highest BCUT2D eigenvalue weighted by Gasteiger charge is 2.35. The molecule has 29 heavy (non-hydrogen) atoms. The average molecular weight is 396 g/mol. The molecule has 0 unspecified atom stereocenters. The number of hydrogen-bond acceptors (Lipinski definition) is 6. The maximum Gasteiger partial charge on any atom is 0.257 e. The number of amides is 1. The normalized spacial score (nSPS) is 18.4. The lowest BCUT2D eigenvalue weighted by atomic mass is 9.91. The molecule has 1 amide bonds. The number of carbonyl (C=O) groups is 1. The van der Waals surface area contributed by atoms with Crippen molar-refractivity contribution in [1.29, 1.82) is 0 Å². The quantitative estimate of drug-likeness (QED) is 0.781. The van der Waals surface area contributed by atoms with E-state index in [-0.39, 0.29) is 5.91 Å². The molecule has 1 saturated carbocycles. The predicted octanol–water partition coefficient (Wildman–Crippen LogP) is 2.75. The zero-order chi connectivity index (χ0) is 20.4. The van der Waals surface area contributed by atoms with Crippen LogP contribution in [0.2, 0.25) is 0 Å². The Morgan fingerprint density at radius 3 is 2.69 bits per heavy atom. The molecule has 2 aliphatic rings. The van der Waals surface area contributed by atoms with Crippen LogP contribution in [0, 0.1) is 6.92 Å². The number of ether oxygens (including phenoxy) is 1. The highest BCUT2D eigenvalue weighted by Crippen LogP contribution is 2.38. The van der Waals surface area contributed by atoms with Crippen molar-refractivity contribution in [2.45, 2.75) is 44.1 Å². The van der Waals surface area contributed by atoms with E-state index in [1.54, 1.807) is 24.1 Å². The van der Waals surface area contributed by atoms with Gasteiger partial charge >= 0.3 is 0 Å². The number of aliphatic hydroxyl groups is 1. The molecule has 2 aromatic rings. The van der Waals surface area contributed by atoms with Crippen LogP contribution >= 0.6 is 0 Å². The number of rotatable bonds is 6. The Labute approximate surface area is 171 Å². The lowest BCUT2D eigenvalue weighted by Gasteiger charge is -2.38. The van der Waals surface area contributed by atoms with E-state index in [1.807, 2.05) is 25.1 Å². The lowest BCUT2D eigenvalue weighted by Crippen LogP contribution is -2.50. The lowest BCUT2D eigenvalue weighted by molar-refractivity contribution is -0.00654. The minimum atomic E-state index is -0.865. The summed E-state index contributed by atoms with van der Waals surface area (Å²) in [5, 5.41) is 14.3. The molecular weight excluding hydrogens is 368 g/mol. The molecule has 1 aromatic carbocycles. The SMILES string of the molecule is COc1ccccc1C(=O)N1CCC(O)(CNc2cc(C)nc(C3CC3)n2)CC1. The monoisotopic (exact) mass is 396 g/mol. The fraction of sp³-hybridized carbons (Fsp3) is 0.500. The third-order valence-corrected chi connectivity index (χ3v) is 5.73. The number of piperidine rings is 1. The van der Waals surface area contributed by atoms with Gasteiger partial charge in [-0.3, -0.25) is 4.79 Å². The summed E-state index contributed by atoms with van der Waals surface area (Å²) < 4.78 is 5.31. The second-order valence-electron chi connectivity index (χ2n) is 8.10. The van der Waals surface area contributed by atoms with Gasteiger partial charge in [0, 0.05) is 37.3 Å². The van der Waals surface area contributed by atoms with Crippen molar-refractivity contribution in [1.82, 2.24) is 14.9 Å². The highest BCUT2D eigenvalue weighted by molar-refractivity contribution is 5.97. The van der Waals surface area contributed by atoms with Crippen LogP contribution in [-0.4, -0.2) is 58.2 Å². The van der Waals surface area contributed by atoms with Crippen molar-refractivity contribution in [3.05, 3.63) is 47.4 Å². The van der Waals surface area contributed by atoms with Gasteiger partial charge in [0.1, 0.15) is 17.4 Å². The minimum Gasteiger partial charge on any atom is -0.496 e. The number of carbonyl (C=O) groups excluding carboxylic acids is 1. The standard InChI is InChI=1S/C22H28N4O3/c1-15-13-19(25-20(24-15)16-7-8-16)23-14-22(28)9-11-26(12-10-22)21(27)17-5-3-4-6-18(17)29-2/h3-6,13,16,28H,7-12,14H2,1-2H3,(H,23,24,25). The molecule has 0 bridgehead atoms. The Bertz CT molecular complexity index is 889. The Balaban J connectivity index is 1.35. The second kappa shape index (κ2) is 7.99. The summed E-state index contributed by atoms with van der Waals surface area (Å²) in [5.74, 6) is 2.67. The van der Waals surface area contributed by atoms with Crippen molar-refractivity contribution >= 4 is 11.7 Å². The summed E-state index contributed by atoms with van der Waals surface area (Å²) in [7, 11) is 1.57. The molecule has 4 rings (SSSR count). The number of hydrogen-bond donors (Lipinski definition) is 2. The van der Waals surface area contributed by atoms with Gasteiger partial charge in [0.15, 0.2) is 0 Å². The first kappa shape index (κ1) is 19.6. The van der Waals surface area contributed by atoms with E-state index in [1.165, 1.54) is 0 Å². The molecule has 0 atom stereocenters. The smallest absolute Gasteiger partial charge is 0.257 e. The largest absolute Gasteiger partial charge is 0.496 e. The molecule has 1 aliphatic carbocycles. The molecule has 7 heteroatoms. The Morgan fingerprint density at radius 1 is 1.28 bits per heavy atom. The number of nitrogens with one attached hydrogen (secondary N) is 1. The summed E-state index contributed by atoms with van der Waals surface area (Å²) in [6, 6.07) is 9.16. The first-order valence-corrected chi connectivity index (χ1v) is 10.2. The third-order valence-electron chi connectivity index (χ3n) is 5.73. The van der Waals surface area contributed by atoms with Crippen molar-refractivity contribution in [2.75, 3.05) is 32.1 Å². The molecule has 0 radical (unpaired) electrons. The number of aryl methyl sites for hydroxylation is 1. The van der Waals surface area contributed by atoms with Crippen molar-refractivity contribution in [3.8, 4) is 5.75 Å². The van der Waals surface area contributed by atoms with Crippen LogP contribution in [0.5, 0.6) is 5.75 Å². The number of anilines is 1. The zero-order valence-electron chi connectivity index (χ0n) is 17.0. The van der Waals surface area contributed by atoms with Crippen LogP contribution in [0.25, 0.3) is 0 Å². The van der Waals surface area contributed by atoms with E-state index in [2.05, 4.69) is 15.3 Å². The fourth-order valence-electron chi connectivity index (χ4n) is 3.76. The van der Waals surface area contributed by atoms with E-state index < -0.39 is 5.60 Å². The molecule has 0 spiro atoms. The van der Waals surface area contributed by atoms with Gasteiger partial charge in [-0.2, -0.15) is 0 Å². The fourth-order valence-corrected chi connectivity index (χ4v) is 3.76. The Kier molecular flexibility index (Phi) is 5.41. The number of methoxy groups -OCH3 is 1. The average Bonchev–Trinajstić information content (AvgIpc) is 3.57. The number of nitrogens with zero attached hydrogens (tertiary/aromatic N) is 3. The molecule has 1 saturated heterocycles. The van der Waals surface area contributed by atoms with Gasteiger partial charge in [-0.25, -0.2) is 9.97 Å². The van der Waals surface area contributed by atoms with Crippen LogP contribution in [0.3, 0.4) is 0 Å². The van der Waals surface area contributed by atoms with Gasteiger partial charge in [-0.15, -0.1) is 0 Å². The van der Waals surface area contributed by atoms with E-state index >= 15 is 0 Å². The van der Waals surface area contributed by atoms with Gasteiger partial charge in [-0.05, 0) is 44.7 Å². The van der Waals surface area contributed by atoms with Crippen molar-refractivity contribution in [2.24, 2.45) is 0 Å². The molecule has 154 valence electrons. The van der Waals surface area contributed by atoms with Gasteiger partial charge in [0.05, 0.1) is 18.3 Å². The summed E-state index contributed by atoms with van der Waals surface area (Å²) in [6.07, 6.45) is 3.34. The van der Waals surface area contributed by atoms with Crippen LogP contribution in [0.1, 0.15) is 53.5 Å². The highest BCUT2D eigenvalue weighted by atomic mass is 16.5. The van der Waals surface area contributed by atoms with Gasteiger partial charge in [0.2, 0.25) is 0 Å². The van der Waals surface area contributed by atoms with Gasteiger partial charge < -0.3 is 20.1 Å². The van der Waals surface area contributed by atoms with Gasteiger partial charge in [0.25, 0.3) is 5.91 Å². The van der Waals surface area contributed by atoms with Crippen molar-refractivity contribution < 1.29 is 14.6 Å². The van der Waals surface area contributed by atoms with E-state index in [0.717, 1.165) is 30.2 Å². The Morgan fingerprint density at radius 2 is 2.00 bits per heavy atom. The van der Waals surface area contributed by atoms with Gasteiger partial charge in [-0.1, -0.05) is 12.1 Å². The molecule has 2 N–H and O–H groups in total. The van der Waals surface area contributed by atoms with E-state index in [9.17, 15) is 9.90 Å². The third kappa shape index (κ3) is 4.50. The van der Waals surface area contributed by atoms with Crippen LogP contribution in [-0.2, 0) is 0 Å². The molecular formula is C22H28N4O3. The first-order chi connectivity index (χ1) is 14.0. The molecule has 1 aliphatic heterocycles. The molecule has 7 nitrogen and oxygen atoms in total. The predicted molar refractivity (Wildman–Crippen MR) is 110 cm³/mol. The Hall–Kier alpha value is -2.67. The van der Waals surface area contributed by atoms with E-state index in [4.69, 9.17) is 4.74 Å². The summed E-state index contributed by atoms with van der Waals surface area (Å²) in [5.41, 5.74) is 0.632. The van der Waals surface area contributed by atoms with Crippen molar-refractivity contribution in [3.63, 3.8) is 0 Å². The number of benzene rings is 1. The van der Waals surface area contributed by atoms with Crippen LogP contribution < -0.4 is 10.1 Å². The first-order valence-electron chi connectivity index (χ1n) is 10.2. The van der Waals surface area contributed by atoms with E-state index in [0.29, 0.717) is 49.7 Å². The zero-order valence-corrected chi connectivity index (χ0v) is 17.0. The van der Waals surface area contributed by atoms with Crippen LogP contribution in [0.15, 0.2) is 30.3 Å². The molecule has 2 fully saturated rings.